The van der Waals surface area contributed by atoms with Gasteiger partial charge in [-0.1, -0.05) is 49.7 Å². The Morgan fingerprint density at radius 3 is 1.91 bits per heavy atom. The zero-order chi connectivity index (χ0) is 16.2. The standard InChI is InChI=1S/C20H17N3/c1-2-3-12-23-18-10-6-4-8-16(18)20(15(13-21)14-22)17-9-5-7-11-19(17)23/h4-11H,2-3,12H2,1H3. The van der Waals surface area contributed by atoms with Gasteiger partial charge in [0, 0.05) is 34.6 Å². The molecule has 2 aromatic rings. The van der Waals surface area contributed by atoms with Crippen LogP contribution in [0.3, 0.4) is 0 Å². The quantitative estimate of drug-likeness (QED) is 0.766. The molecule has 0 atom stereocenters. The maximum absolute atomic E-state index is 9.39. The summed E-state index contributed by atoms with van der Waals surface area (Å²) in [6, 6.07) is 20.2. The van der Waals surface area contributed by atoms with Crippen LogP contribution in [0.25, 0.3) is 5.57 Å². The van der Waals surface area contributed by atoms with Crippen molar-refractivity contribution in [3.05, 3.63) is 65.2 Å². The lowest BCUT2D eigenvalue weighted by molar-refractivity contribution is 0.783. The van der Waals surface area contributed by atoms with E-state index in [2.05, 4.69) is 36.1 Å². The van der Waals surface area contributed by atoms with E-state index >= 15 is 0 Å². The average molecular weight is 299 g/mol. The van der Waals surface area contributed by atoms with Crippen molar-refractivity contribution in [3.8, 4) is 12.1 Å². The fourth-order valence-corrected chi connectivity index (χ4v) is 3.08. The van der Waals surface area contributed by atoms with Crippen LogP contribution in [-0.2, 0) is 0 Å². The molecule has 1 aliphatic heterocycles. The van der Waals surface area contributed by atoms with Crippen molar-refractivity contribution >= 4 is 16.9 Å². The molecule has 0 N–H and O–H groups in total. The lowest BCUT2D eigenvalue weighted by atomic mass is 9.87. The van der Waals surface area contributed by atoms with Crippen molar-refractivity contribution in [2.75, 3.05) is 11.4 Å². The van der Waals surface area contributed by atoms with Gasteiger partial charge < -0.3 is 4.90 Å². The summed E-state index contributed by atoms with van der Waals surface area (Å²) in [4.78, 5) is 2.30. The largest absolute Gasteiger partial charge is 0.340 e. The zero-order valence-corrected chi connectivity index (χ0v) is 13.1. The highest BCUT2D eigenvalue weighted by molar-refractivity contribution is 6.00. The highest BCUT2D eigenvalue weighted by Gasteiger charge is 2.27. The van der Waals surface area contributed by atoms with Crippen molar-refractivity contribution < 1.29 is 0 Å². The molecule has 0 unspecified atom stereocenters. The summed E-state index contributed by atoms with van der Waals surface area (Å²) >= 11 is 0. The summed E-state index contributed by atoms with van der Waals surface area (Å²) in [6.07, 6.45) is 2.20. The first-order valence-electron chi connectivity index (χ1n) is 7.82. The van der Waals surface area contributed by atoms with E-state index in [1.54, 1.807) is 0 Å². The van der Waals surface area contributed by atoms with Crippen LogP contribution in [0, 0.1) is 22.7 Å². The molecule has 1 heterocycles. The predicted molar refractivity (Wildman–Crippen MR) is 92.0 cm³/mol. The van der Waals surface area contributed by atoms with E-state index < -0.39 is 0 Å². The minimum atomic E-state index is 0.167. The van der Waals surface area contributed by atoms with Crippen LogP contribution >= 0.6 is 0 Å². The Balaban J connectivity index is 2.31. The van der Waals surface area contributed by atoms with Crippen molar-refractivity contribution in [2.45, 2.75) is 19.8 Å². The third-order valence-corrected chi connectivity index (χ3v) is 4.14. The van der Waals surface area contributed by atoms with Crippen LogP contribution in [0.5, 0.6) is 0 Å². The molecule has 3 rings (SSSR count). The molecule has 112 valence electrons. The molecule has 1 aliphatic rings. The van der Waals surface area contributed by atoms with Gasteiger partial charge in [-0.25, -0.2) is 0 Å². The van der Waals surface area contributed by atoms with E-state index in [9.17, 15) is 10.5 Å². The van der Waals surface area contributed by atoms with Crippen LogP contribution in [0.2, 0.25) is 0 Å². The van der Waals surface area contributed by atoms with Crippen LogP contribution in [0.4, 0.5) is 11.4 Å². The van der Waals surface area contributed by atoms with E-state index in [-0.39, 0.29) is 5.57 Å². The fourth-order valence-electron chi connectivity index (χ4n) is 3.08. The number of hydrogen-bond acceptors (Lipinski definition) is 3. The van der Waals surface area contributed by atoms with Gasteiger partial charge >= 0.3 is 0 Å². The van der Waals surface area contributed by atoms with Crippen molar-refractivity contribution in [3.63, 3.8) is 0 Å². The van der Waals surface area contributed by atoms with Gasteiger partial charge in [-0.2, -0.15) is 10.5 Å². The third kappa shape index (κ3) is 2.47. The van der Waals surface area contributed by atoms with Gasteiger partial charge in [-0.05, 0) is 18.6 Å². The maximum Gasteiger partial charge on any atom is 0.138 e. The Morgan fingerprint density at radius 1 is 0.913 bits per heavy atom. The molecule has 0 amide bonds. The molecule has 0 aromatic heterocycles. The molecule has 0 spiro atoms. The fraction of sp³-hybridized carbons (Fsp3) is 0.200. The molecule has 23 heavy (non-hydrogen) atoms. The molecule has 0 bridgehead atoms. The summed E-state index contributed by atoms with van der Waals surface area (Å²) in [6.45, 7) is 3.10. The first-order valence-corrected chi connectivity index (χ1v) is 7.82. The normalized spacial score (nSPS) is 12.0. The molecular weight excluding hydrogens is 282 g/mol. The lowest BCUT2D eigenvalue weighted by Gasteiger charge is -2.34. The van der Waals surface area contributed by atoms with Gasteiger partial charge in [-0.3, -0.25) is 0 Å². The van der Waals surface area contributed by atoms with Crippen LogP contribution in [0.15, 0.2) is 54.1 Å². The topological polar surface area (TPSA) is 50.8 Å². The number of benzene rings is 2. The maximum atomic E-state index is 9.39. The number of hydrogen-bond donors (Lipinski definition) is 0. The first kappa shape index (κ1) is 14.9. The summed E-state index contributed by atoms with van der Waals surface area (Å²) in [5.74, 6) is 0. The SMILES string of the molecule is CCCCN1c2ccccc2C(=C(C#N)C#N)c2ccccc21. The second kappa shape index (κ2) is 6.38. The van der Waals surface area contributed by atoms with Crippen LogP contribution < -0.4 is 4.90 Å². The van der Waals surface area contributed by atoms with Crippen molar-refractivity contribution in [2.24, 2.45) is 0 Å². The van der Waals surface area contributed by atoms with E-state index in [1.807, 2.05) is 36.4 Å². The molecule has 0 radical (unpaired) electrons. The van der Waals surface area contributed by atoms with Gasteiger partial charge in [0.05, 0.1) is 0 Å². The van der Waals surface area contributed by atoms with E-state index in [0.29, 0.717) is 0 Å². The second-order valence-electron chi connectivity index (χ2n) is 5.51. The first-order chi connectivity index (χ1) is 11.3. The number of rotatable bonds is 3. The number of nitrogens with zero attached hydrogens (tertiary/aromatic N) is 3. The van der Waals surface area contributed by atoms with Gasteiger partial charge in [0.15, 0.2) is 0 Å². The van der Waals surface area contributed by atoms with E-state index in [0.717, 1.165) is 47.5 Å². The molecule has 0 saturated carbocycles. The highest BCUT2D eigenvalue weighted by atomic mass is 15.1. The van der Waals surface area contributed by atoms with Gasteiger partial charge in [-0.15, -0.1) is 0 Å². The Kier molecular flexibility index (Phi) is 4.13. The minimum Gasteiger partial charge on any atom is -0.340 e. The number of allylic oxidation sites excluding steroid dienone is 1. The summed E-state index contributed by atoms with van der Waals surface area (Å²) < 4.78 is 0. The monoisotopic (exact) mass is 299 g/mol. The molecular formula is C20H17N3. The summed E-state index contributed by atoms with van der Waals surface area (Å²) in [5, 5.41) is 18.8. The Morgan fingerprint density at radius 2 is 1.43 bits per heavy atom. The summed E-state index contributed by atoms with van der Waals surface area (Å²) in [7, 11) is 0. The van der Waals surface area contributed by atoms with E-state index in [1.165, 1.54) is 0 Å². The van der Waals surface area contributed by atoms with Gasteiger partial charge in [0.1, 0.15) is 17.7 Å². The molecule has 3 heteroatoms. The molecule has 2 aromatic carbocycles. The third-order valence-electron chi connectivity index (χ3n) is 4.14. The predicted octanol–water partition coefficient (Wildman–Crippen LogP) is 4.79. The minimum absolute atomic E-state index is 0.167. The average Bonchev–Trinajstić information content (AvgIpc) is 2.61. The highest BCUT2D eigenvalue weighted by Crippen LogP contribution is 2.45. The molecule has 0 saturated heterocycles. The van der Waals surface area contributed by atoms with Gasteiger partial charge in [0.25, 0.3) is 0 Å². The Bertz CT molecular complexity index is 784. The molecule has 0 fully saturated rings. The van der Waals surface area contributed by atoms with Crippen molar-refractivity contribution in [1.82, 2.24) is 0 Å². The smallest absolute Gasteiger partial charge is 0.138 e. The van der Waals surface area contributed by atoms with Crippen LogP contribution in [-0.4, -0.2) is 6.54 Å². The molecule has 3 nitrogen and oxygen atoms in total. The Hall–Kier alpha value is -3.04. The van der Waals surface area contributed by atoms with E-state index in [4.69, 9.17) is 0 Å². The summed E-state index contributed by atoms with van der Waals surface area (Å²) in [5.41, 5.74) is 4.96. The Labute approximate surface area is 136 Å². The number of para-hydroxylation sites is 2. The van der Waals surface area contributed by atoms with Gasteiger partial charge in [0.2, 0.25) is 0 Å². The van der Waals surface area contributed by atoms with Crippen molar-refractivity contribution in [1.29, 1.82) is 10.5 Å². The second-order valence-corrected chi connectivity index (χ2v) is 5.51. The zero-order valence-electron chi connectivity index (χ0n) is 13.1. The lowest BCUT2D eigenvalue weighted by Crippen LogP contribution is -2.24. The number of anilines is 2. The number of fused-ring (bicyclic) bond motifs is 2. The van der Waals surface area contributed by atoms with Crippen LogP contribution in [0.1, 0.15) is 30.9 Å². The number of unbranched alkanes of at least 4 members (excludes halogenated alkanes) is 1. The molecule has 0 aliphatic carbocycles. The number of nitriles is 2.